The van der Waals surface area contributed by atoms with Crippen molar-refractivity contribution in [3.63, 3.8) is 0 Å². The number of hydrogen-bond donors (Lipinski definition) is 0. The molecule has 0 N–H and O–H groups in total. The molecule has 0 spiro atoms. The number of hydrogen-bond acceptors (Lipinski definition) is 0. The Morgan fingerprint density at radius 2 is 1.60 bits per heavy atom. The first-order valence-corrected chi connectivity index (χ1v) is 3.15. The van der Waals surface area contributed by atoms with E-state index in [2.05, 4.69) is 0 Å². The van der Waals surface area contributed by atoms with Crippen LogP contribution in [0.25, 0.3) is 0 Å². The van der Waals surface area contributed by atoms with Crippen LogP contribution in [0.1, 0.15) is 19.8 Å². The highest BCUT2D eigenvalue weighted by atomic mass is 19.3. The van der Waals surface area contributed by atoms with Crippen molar-refractivity contribution in [2.45, 2.75) is 38.5 Å². The summed E-state index contributed by atoms with van der Waals surface area (Å²) in [5.41, 5.74) is 0. The van der Waals surface area contributed by atoms with Crippen LogP contribution in [0, 0.1) is 0 Å². The molecule has 0 radical (unpaired) electrons. The maximum Gasteiger partial charge on any atom is 0.272 e. The lowest BCUT2D eigenvalue weighted by molar-refractivity contribution is 0.00103. The molecule has 0 bridgehead atoms. The Balaban J connectivity index is 3.58. The highest BCUT2D eigenvalue weighted by Crippen LogP contribution is 2.16. The largest absolute Gasteiger partial charge is 0.272 e. The van der Waals surface area contributed by atoms with E-state index in [0.717, 1.165) is 0 Å². The maximum absolute atomic E-state index is 12.2. The number of halogens is 4. The first-order valence-electron chi connectivity index (χ1n) is 3.15. The van der Waals surface area contributed by atoms with Gasteiger partial charge in [0.25, 0.3) is 6.43 Å². The molecule has 0 saturated carbocycles. The van der Waals surface area contributed by atoms with Gasteiger partial charge in [-0.3, -0.25) is 0 Å². The van der Waals surface area contributed by atoms with Crippen molar-refractivity contribution in [1.82, 2.24) is 0 Å². The van der Waals surface area contributed by atoms with Gasteiger partial charge in [0.05, 0.1) is 0 Å². The third-order valence-electron chi connectivity index (χ3n) is 1.15. The Bertz CT molecular complexity index is 83.8. The molecule has 1 unspecified atom stereocenters. The van der Waals surface area contributed by atoms with Gasteiger partial charge in [-0.15, -0.1) is 0 Å². The third kappa shape index (κ3) is 3.03. The lowest BCUT2D eigenvalue weighted by atomic mass is 10.1. The fourth-order valence-electron chi connectivity index (χ4n) is 0.593. The van der Waals surface area contributed by atoms with E-state index in [1.807, 2.05) is 0 Å². The van der Waals surface area contributed by atoms with E-state index in [-0.39, 0.29) is 6.42 Å². The highest BCUT2D eigenvalue weighted by Gasteiger charge is 2.28. The van der Waals surface area contributed by atoms with E-state index in [1.165, 1.54) is 0 Å². The van der Waals surface area contributed by atoms with Crippen LogP contribution in [-0.2, 0) is 0 Å². The second kappa shape index (κ2) is 4.52. The molecular formula is C6H10F4. The predicted octanol–water partition coefficient (Wildman–Crippen LogP) is 2.73. The smallest absolute Gasteiger partial charge is 0.244 e. The standard InChI is InChI=1S/C6H10F4/c1-2-3-4(7)5(8)6(9)10/h4-6H,2-3H2,1H3/t4?,5-/m0/s1. The molecule has 2 atom stereocenters. The van der Waals surface area contributed by atoms with Crippen molar-refractivity contribution in [2.24, 2.45) is 0 Å². The van der Waals surface area contributed by atoms with Crippen LogP contribution in [-0.4, -0.2) is 18.8 Å². The average molecular weight is 158 g/mol. The van der Waals surface area contributed by atoms with E-state index >= 15 is 0 Å². The Kier molecular flexibility index (Phi) is 4.40. The number of rotatable bonds is 4. The second-order valence-electron chi connectivity index (χ2n) is 2.08. The second-order valence-corrected chi connectivity index (χ2v) is 2.08. The minimum Gasteiger partial charge on any atom is -0.244 e. The van der Waals surface area contributed by atoms with Gasteiger partial charge in [0.2, 0.25) is 0 Å². The molecule has 0 aromatic rings. The summed E-state index contributed by atoms with van der Waals surface area (Å²) >= 11 is 0. The zero-order valence-corrected chi connectivity index (χ0v) is 5.66. The van der Waals surface area contributed by atoms with E-state index < -0.39 is 18.8 Å². The molecule has 0 heterocycles. The Hall–Kier alpha value is -0.280. The summed E-state index contributed by atoms with van der Waals surface area (Å²) in [6.45, 7) is 1.62. The normalized spacial score (nSPS) is 17.4. The van der Waals surface area contributed by atoms with Crippen LogP contribution in [0.2, 0.25) is 0 Å². The van der Waals surface area contributed by atoms with E-state index in [1.54, 1.807) is 6.92 Å². The van der Waals surface area contributed by atoms with Crippen molar-refractivity contribution in [3.05, 3.63) is 0 Å². The highest BCUT2D eigenvalue weighted by molar-refractivity contribution is 4.69. The summed E-state index contributed by atoms with van der Waals surface area (Å²) in [6, 6.07) is 0. The first-order chi connectivity index (χ1) is 4.59. The van der Waals surface area contributed by atoms with Gasteiger partial charge in [-0.05, 0) is 6.42 Å². The van der Waals surface area contributed by atoms with Gasteiger partial charge in [-0.1, -0.05) is 13.3 Å². The summed E-state index contributed by atoms with van der Waals surface area (Å²) in [5.74, 6) is 0. The van der Waals surface area contributed by atoms with Crippen molar-refractivity contribution >= 4 is 0 Å². The molecule has 0 rings (SSSR count). The zero-order chi connectivity index (χ0) is 8.15. The summed E-state index contributed by atoms with van der Waals surface area (Å²) < 4.78 is 46.9. The lowest BCUT2D eigenvalue weighted by Gasteiger charge is -2.10. The summed E-state index contributed by atoms with van der Waals surface area (Å²) in [6.07, 6.45) is -7.56. The van der Waals surface area contributed by atoms with Gasteiger partial charge in [0.1, 0.15) is 6.17 Å². The fraction of sp³-hybridized carbons (Fsp3) is 1.00. The predicted molar refractivity (Wildman–Crippen MR) is 30.7 cm³/mol. The zero-order valence-electron chi connectivity index (χ0n) is 5.66. The molecule has 62 valence electrons. The molecule has 0 aliphatic heterocycles. The molecule has 0 aliphatic carbocycles. The van der Waals surface area contributed by atoms with E-state index in [4.69, 9.17) is 0 Å². The summed E-state index contributed by atoms with van der Waals surface area (Å²) in [7, 11) is 0. The third-order valence-corrected chi connectivity index (χ3v) is 1.15. The van der Waals surface area contributed by atoms with Crippen molar-refractivity contribution < 1.29 is 17.6 Å². The Morgan fingerprint density at radius 3 is 1.90 bits per heavy atom. The quantitative estimate of drug-likeness (QED) is 0.552. The topological polar surface area (TPSA) is 0 Å². The molecule has 0 amide bonds. The molecule has 0 saturated heterocycles. The Labute approximate surface area is 57.2 Å². The SMILES string of the molecule is CCCC(F)[C@H](F)C(F)F. The van der Waals surface area contributed by atoms with Gasteiger partial charge >= 0.3 is 0 Å². The molecule has 0 aromatic carbocycles. The molecular weight excluding hydrogens is 148 g/mol. The van der Waals surface area contributed by atoms with Crippen molar-refractivity contribution in [1.29, 1.82) is 0 Å². The van der Waals surface area contributed by atoms with Crippen LogP contribution in [0.3, 0.4) is 0 Å². The molecule has 0 nitrogen and oxygen atoms in total. The van der Waals surface area contributed by atoms with Gasteiger partial charge in [-0.25, -0.2) is 17.6 Å². The molecule has 0 aromatic heterocycles. The summed E-state index contributed by atoms with van der Waals surface area (Å²) in [5, 5.41) is 0. The van der Waals surface area contributed by atoms with E-state index in [9.17, 15) is 17.6 Å². The van der Waals surface area contributed by atoms with E-state index in [0.29, 0.717) is 6.42 Å². The summed E-state index contributed by atoms with van der Waals surface area (Å²) in [4.78, 5) is 0. The monoisotopic (exact) mass is 158 g/mol. The lowest BCUT2D eigenvalue weighted by Crippen LogP contribution is -2.24. The molecule has 10 heavy (non-hydrogen) atoms. The average Bonchev–Trinajstić information content (AvgIpc) is 1.87. The molecule has 4 heteroatoms. The first kappa shape index (κ1) is 9.72. The van der Waals surface area contributed by atoms with Crippen LogP contribution in [0.15, 0.2) is 0 Å². The van der Waals surface area contributed by atoms with Crippen molar-refractivity contribution in [3.8, 4) is 0 Å². The van der Waals surface area contributed by atoms with Crippen LogP contribution >= 0.6 is 0 Å². The van der Waals surface area contributed by atoms with Gasteiger partial charge < -0.3 is 0 Å². The van der Waals surface area contributed by atoms with Crippen LogP contribution in [0.5, 0.6) is 0 Å². The minimum atomic E-state index is -3.19. The molecule has 0 aliphatic rings. The molecule has 0 fully saturated rings. The van der Waals surface area contributed by atoms with Gasteiger partial charge in [0, 0.05) is 0 Å². The fourth-order valence-corrected chi connectivity index (χ4v) is 0.593. The van der Waals surface area contributed by atoms with Crippen LogP contribution in [0.4, 0.5) is 17.6 Å². The van der Waals surface area contributed by atoms with Gasteiger partial charge in [-0.2, -0.15) is 0 Å². The van der Waals surface area contributed by atoms with Crippen LogP contribution < -0.4 is 0 Å². The van der Waals surface area contributed by atoms with Gasteiger partial charge in [0.15, 0.2) is 6.17 Å². The maximum atomic E-state index is 12.2. The van der Waals surface area contributed by atoms with Crippen molar-refractivity contribution in [2.75, 3.05) is 0 Å². The Morgan fingerprint density at radius 1 is 1.10 bits per heavy atom. The number of alkyl halides is 4. The minimum absolute atomic E-state index is 0.133.